The van der Waals surface area contributed by atoms with Crippen molar-refractivity contribution in [1.82, 2.24) is 24.8 Å². The molecule has 8 heteroatoms. The molecule has 0 saturated heterocycles. The van der Waals surface area contributed by atoms with Crippen molar-refractivity contribution < 1.29 is 9.90 Å². The maximum Gasteiger partial charge on any atom is 0.341 e. The van der Waals surface area contributed by atoms with Crippen LogP contribution in [0.15, 0.2) is 23.1 Å². The van der Waals surface area contributed by atoms with Gasteiger partial charge in [0.25, 0.3) is 0 Å². The lowest BCUT2D eigenvalue weighted by atomic mass is 9.92. The minimum Gasteiger partial charge on any atom is -0.477 e. The van der Waals surface area contributed by atoms with Crippen molar-refractivity contribution in [2.45, 2.75) is 39.3 Å². The van der Waals surface area contributed by atoms with Gasteiger partial charge in [0.15, 0.2) is 0 Å². The van der Waals surface area contributed by atoms with E-state index in [0.29, 0.717) is 17.8 Å². The third-order valence-electron chi connectivity index (χ3n) is 4.79. The van der Waals surface area contributed by atoms with Crippen molar-refractivity contribution in [2.24, 2.45) is 0 Å². The third kappa shape index (κ3) is 2.25. The van der Waals surface area contributed by atoms with E-state index in [1.807, 2.05) is 18.4 Å². The summed E-state index contributed by atoms with van der Waals surface area (Å²) in [6.45, 7) is 4.58. The number of carboxylic acids is 1. The maximum atomic E-state index is 12.6. The largest absolute Gasteiger partial charge is 0.477 e. The molecule has 0 spiro atoms. The molecule has 3 aromatic rings. The van der Waals surface area contributed by atoms with Crippen molar-refractivity contribution in [3.05, 3.63) is 39.7 Å². The number of tetrazole rings is 1. The molecule has 1 unspecified atom stereocenters. The summed E-state index contributed by atoms with van der Waals surface area (Å²) in [5.41, 5.74) is 1.94. The Hall–Kier alpha value is -3.03. The van der Waals surface area contributed by atoms with E-state index in [1.165, 1.54) is 11.0 Å². The fraction of sp³-hybridized carbons (Fsp3) is 0.353. The van der Waals surface area contributed by atoms with Crippen molar-refractivity contribution in [3.63, 3.8) is 0 Å². The molecule has 1 N–H and O–H groups in total. The second-order valence-electron chi connectivity index (χ2n) is 6.26. The molecular weight excluding hydrogens is 322 g/mol. The lowest BCUT2D eigenvalue weighted by Crippen LogP contribution is -2.24. The molecule has 1 atom stereocenters. The van der Waals surface area contributed by atoms with Crippen LogP contribution in [-0.4, -0.2) is 35.9 Å². The second-order valence-corrected chi connectivity index (χ2v) is 6.26. The molecule has 1 aliphatic rings. The minimum absolute atomic E-state index is 0.114. The summed E-state index contributed by atoms with van der Waals surface area (Å²) in [4.78, 5) is 25.5. The Labute approximate surface area is 142 Å². The Morgan fingerprint density at radius 2 is 2.20 bits per heavy atom. The molecule has 8 nitrogen and oxygen atoms in total. The van der Waals surface area contributed by atoms with E-state index in [1.54, 1.807) is 12.1 Å². The lowest BCUT2D eigenvalue weighted by molar-refractivity contribution is 0.0694. The number of aryl methyl sites for hydroxylation is 2. The summed E-state index contributed by atoms with van der Waals surface area (Å²) < 4.78 is 1.90. The third-order valence-corrected chi connectivity index (χ3v) is 4.79. The van der Waals surface area contributed by atoms with Crippen LogP contribution in [0.4, 0.5) is 0 Å². The van der Waals surface area contributed by atoms with Gasteiger partial charge in [-0.05, 0) is 49.6 Å². The lowest BCUT2D eigenvalue weighted by Gasteiger charge is -2.27. The number of rotatable bonds is 3. The highest BCUT2D eigenvalue weighted by Gasteiger charge is 2.25. The topological polar surface area (TPSA) is 103 Å². The average Bonchev–Trinajstić information content (AvgIpc) is 3.08. The van der Waals surface area contributed by atoms with Crippen molar-refractivity contribution in [1.29, 1.82) is 0 Å². The van der Waals surface area contributed by atoms with Gasteiger partial charge in [0.2, 0.25) is 11.3 Å². The Morgan fingerprint density at radius 3 is 2.88 bits per heavy atom. The van der Waals surface area contributed by atoms with Gasteiger partial charge >= 0.3 is 5.97 Å². The predicted octanol–water partition coefficient (Wildman–Crippen LogP) is 1.88. The summed E-state index contributed by atoms with van der Waals surface area (Å²) in [5.74, 6) is -0.679. The van der Waals surface area contributed by atoms with Gasteiger partial charge in [0.05, 0.1) is 12.1 Å². The molecule has 2 aromatic heterocycles. The molecule has 128 valence electrons. The molecule has 25 heavy (non-hydrogen) atoms. The summed E-state index contributed by atoms with van der Waals surface area (Å²) in [7, 11) is 0. The number of nitrogens with zero attached hydrogens (tertiary/aromatic N) is 5. The van der Waals surface area contributed by atoms with E-state index < -0.39 is 11.4 Å². The van der Waals surface area contributed by atoms with E-state index in [2.05, 4.69) is 15.4 Å². The Bertz CT molecular complexity index is 1070. The van der Waals surface area contributed by atoms with Crippen LogP contribution in [0.3, 0.4) is 0 Å². The summed E-state index contributed by atoms with van der Waals surface area (Å²) in [6.07, 6.45) is 3.09. The van der Waals surface area contributed by atoms with Crippen LogP contribution in [-0.2, 0) is 13.0 Å². The van der Waals surface area contributed by atoms with Crippen molar-refractivity contribution in [3.8, 4) is 11.4 Å². The van der Waals surface area contributed by atoms with Gasteiger partial charge in [-0.3, -0.25) is 4.79 Å². The average molecular weight is 339 g/mol. The molecule has 0 saturated carbocycles. The highest BCUT2D eigenvalue weighted by atomic mass is 16.4. The first-order valence-electron chi connectivity index (χ1n) is 8.23. The number of carboxylic acid groups (broad SMARTS) is 1. The first-order chi connectivity index (χ1) is 12.0. The van der Waals surface area contributed by atoms with Gasteiger partial charge < -0.3 is 9.67 Å². The molecule has 0 radical (unpaired) electrons. The highest BCUT2D eigenvalue weighted by Crippen LogP contribution is 2.35. The zero-order valence-corrected chi connectivity index (χ0v) is 13.9. The van der Waals surface area contributed by atoms with Crippen LogP contribution < -0.4 is 5.43 Å². The fourth-order valence-electron chi connectivity index (χ4n) is 3.46. The minimum atomic E-state index is -1.20. The maximum absolute atomic E-state index is 12.6. The van der Waals surface area contributed by atoms with Crippen molar-refractivity contribution in [2.75, 3.05) is 0 Å². The molecular formula is C17H17N5O3. The molecule has 4 rings (SSSR count). The van der Waals surface area contributed by atoms with E-state index in [-0.39, 0.29) is 11.6 Å². The smallest absolute Gasteiger partial charge is 0.341 e. The zero-order chi connectivity index (χ0) is 17.7. The predicted molar refractivity (Wildman–Crippen MR) is 90.7 cm³/mol. The van der Waals surface area contributed by atoms with Gasteiger partial charge in [-0.25, -0.2) is 4.79 Å². The number of aromatic carboxylic acids is 1. The van der Waals surface area contributed by atoms with Crippen molar-refractivity contribution >= 4 is 16.9 Å². The molecule has 0 bridgehead atoms. The number of hydrogen-bond donors (Lipinski definition) is 1. The Morgan fingerprint density at radius 1 is 1.40 bits per heavy atom. The summed E-state index contributed by atoms with van der Waals surface area (Å²) in [6, 6.07) is 3.58. The monoisotopic (exact) mass is 339 g/mol. The van der Waals surface area contributed by atoms with Crippen LogP contribution >= 0.6 is 0 Å². The summed E-state index contributed by atoms with van der Waals surface area (Å²) in [5, 5.41) is 22.2. The first kappa shape index (κ1) is 15.5. The van der Waals surface area contributed by atoms with E-state index in [9.17, 15) is 14.7 Å². The van der Waals surface area contributed by atoms with Gasteiger partial charge in [-0.15, -0.1) is 10.2 Å². The van der Waals surface area contributed by atoms with Crippen LogP contribution in [0.1, 0.15) is 42.2 Å². The molecule has 1 aliphatic heterocycles. The number of aromatic nitrogens is 5. The summed E-state index contributed by atoms with van der Waals surface area (Å²) >= 11 is 0. The highest BCUT2D eigenvalue weighted by molar-refractivity contribution is 5.95. The number of benzene rings is 1. The quantitative estimate of drug-likeness (QED) is 0.781. The number of pyridine rings is 1. The van der Waals surface area contributed by atoms with Gasteiger partial charge in [-0.2, -0.15) is 4.80 Å². The zero-order valence-electron chi connectivity index (χ0n) is 13.9. The van der Waals surface area contributed by atoms with Gasteiger partial charge in [0.1, 0.15) is 5.56 Å². The molecule has 3 heterocycles. The van der Waals surface area contributed by atoms with Crippen LogP contribution in [0.2, 0.25) is 0 Å². The SMILES string of the molecule is CCn1nnc(-c2ccc3c(=O)c(C(=O)O)cn4c3c2CCC4C)n1. The van der Waals surface area contributed by atoms with Gasteiger partial charge in [-0.1, -0.05) is 0 Å². The number of carbonyl (C=O) groups is 1. The fourth-order valence-corrected chi connectivity index (χ4v) is 3.46. The van der Waals surface area contributed by atoms with E-state index >= 15 is 0 Å². The van der Waals surface area contributed by atoms with E-state index in [0.717, 1.165) is 29.5 Å². The Kier molecular flexibility index (Phi) is 3.41. The van der Waals surface area contributed by atoms with Crippen LogP contribution in [0.5, 0.6) is 0 Å². The van der Waals surface area contributed by atoms with Crippen LogP contribution in [0, 0.1) is 0 Å². The standard InChI is InChI=1S/C17H17N5O3/c1-3-22-19-16(18-20-22)11-6-7-12-14-10(11)5-4-9(2)21(14)8-13(15(12)23)17(24)25/h6-9H,3-5H2,1-2H3,(H,24,25). The molecule has 0 fully saturated rings. The molecule has 0 aliphatic carbocycles. The molecule has 1 aromatic carbocycles. The normalized spacial score (nSPS) is 16.3. The Balaban J connectivity index is 2.07. The second kappa shape index (κ2) is 5.51. The first-order valence-corrected chi connectivity index (χ1v) is 8.23. The van der Waals surface area contributed by atoms with Gasteiger partial charge in [0, 0.05) is 23.2 Å². The van der Waals surface area contributed by atoms with Crippen LogP contribution in [0.25, 0.3) is 22.3 Å². The number of hydrogen-bond acceptors (Lipinski definition) is 5. The van der Waals surface area contributed by atoms with E-state index in [4.69, 9.17) is 0 Å². The molecule has 0 amide bonds.